The van der Waals surface area contributed by atoms with Gasteiger partial charge >= 0.3 is 0 Å². The topological polar surface area (TPSA) is 30.0 Å². The third-order valence-electron chi connectivity index (χ3n) is 2.12. The number of hydrogen-bond donors (Lipinski definition) is 0. The van der Waals surface area contributed by atoms with E-state index in [1.54, 1.807) is 0 Å². The Bertz CT molecular complexity index is 476. The summed E-state index contributed by atoms with van der Waals surface area (Å²) in [4.78, 5) is 14.7. The highest BCUT2D eigenvalue weighted by atomic mass is 32.1. The molecule has 0 spiro atoms. The Hall–Kier alpha value is -1.48. The lowest BCUT2D eigenvalue weighted by Crippen LogP contribution is -1.84. The fourth-order valence-electron chi connectivity index (χ4n) is 1.41. The molecule has 0 saturated heterocycles. The van der Waals surface area contributed by atoms with Crippen LogP contribution in [0.5, 0.6) is 0 Å². The molecule has 1 heterocycles. The van der Waals surface area contributed by atoms with Gasteiger partial charge in [-0.3, -0.25) is 0 Å². The van der Waals surface area contributed by atoms with Crippen LogP contribution in [0.15, 0.2) is 29.6 Å². The molecule has 2 rings (SSSR count). The first-order valence-electron chi connectivity index (χ1n) is 4.74. The molecule has 1 aromatic heterocycles. The monoisotopic (exact) mass is 217 g/mol. The van der Waals surface area contributed by atoms with E-state index in [0.29, 0.717) is 6.42 Å². The normalized spacial score (nSPS) is 10.2. The molecule has 0 saturated carbocycles. The van der Waals surface area contributed by atoms with Gasteiger partial charge in [-0.05, 0) is 13.0 Å². The first kappa shape index (κ1) is 10.1. The third kappa shape index (κ3) is 2.30. The maximum Gasteiger partial charge on any atom is 0.126 e. The lowest BCUT2D eigenvalue weighted by Gasteiger charge is -1.97. The number of carbonyl (C=O) groups is 1. The minimum atomic E-state index is 0.413. The van der Waals surface area contributed by atoms with Crippen LogP contribution in [0.3, 0.4) is 0 Å². The van der Waals surface area contributed by atoms with Gasteiger partial charge in [0.2, 0.25) is 0 Å². The Morgan fingerprint density at radius 2 is 2.33 bits per heavy atom. The molecule has 2 nitrogen and oxygen atoms in total. The number of nitrogens with zero attached hydrogens (tertiary/aromatic N) is 1. The van der Waals surface area contributed by atoms with Crippen molar-refractivity contribution in [3.63, 3.8) is 0 Å². The van der Waals surface area contributed by atoms with Gasteiger partial charge in [-0.2, -0.15) is 0 Å². The molecule has 0 bridgehead atoms. The van der Waals surface area contributed by atoms with Gasteiger partial charge < -0.3 is 4.79 Å². The van der Waals surface area contributed by atoms with Crippen molar-refractivity contribution in [2.75, 3.05) is 0 Å². The van der Waals surface area contributed by atoms with Crippen LogP contribution in [0.2, 0.25) is 0 Å². The molecule has 0 atom stereocenters. The second-order valence-corrected chi connectivity index (χ2v) is 4.31. The Balaban J connectivity index is 2.32. The number of aldehydes is 1. The minimum Gasteiger partial charge on any atom is -0.303 e. The maximum atomic E-state index is 10.3. The Morgan fingerprint density at radius 3 is 3.07 bits per heavy atom. The van der Waals surface area contributed by atoms with Crippen molar-refractivity contribution in [1.29, 1.82) is 0 Å². The predicted molar refractivity (Wildman–Crippen MR) is 62.1 cm³/mol. The van der Waals surface area contributed by atoms with E-state index in [9.17, 15) is 4.79 Å². The van der Waals surface area contributed by atoms with Gasteiger partial charge in [-0.15, -0.1) is 11.3 Å². The largest absolute Gasteiger partial charge is 0.303 e. The van der Waals surface area contributed by atoms with Crippen molar-refractivity contribution in [3.8, 4) is 11.3 Å². The van der Waals surface area contributed by atoms with Gasteiger partial charge in [0.15, 0.2) is 0 Å². The van der Waals surface area contributed by atoms with Crippen molar-refractivity contribution >= 4 is 17.6 Å². The fourth-order valence-corrected chi connectivity index (χ4v) is 2.16. The lowest BCUT2D eigenvalue weighted by atomic mass is 10.1. The highest BCUT2D eigenvalue weighted by Gasteiger charge is 2.03. The van der Waals surface area contributed by atoms with Crippen molar-refractivity contribution in [2.45, 2.75) is 13.3 Å². The molecule has 3 heteroatoms. The summed E-state index contributed by atoms with van der Waals surface area (Å²) < 4.78 is 0. The minimum absolute atomic E-state index is 0.413. The second kappa shape index (κ2) is 4.36. The Morgan fingerprint density at radius 1 is 1.47 bits per heavy atom. The number of benzene rings is 1. The van der Waals surface area contributed by atoms with E-state index in [2.05, 4.69) is 24.0 Å². The zero-order valence-electron chi connectivity index (χ0n) is 8.43. The average Bonchev–Trinajstić information content (AvgIpc) is 2.67. The smallest absolute Gasteiger partial charge is 0.126 e. The summed E-state index contributed by atoms with van der Waals surface area (Å²) in [5.74, 6) is 0. The first-order chi connectivity index (χ1) is 7.29. The Kier molecular flexibility index (Phi) is 2.92. The molecule has 0 N–H and O–H groups in total. The van der Waals surface area contributed by atoms with Gasteiger partial charge in [-0.1, -0.05) is 23.8 Å². The summed E-state index contributed by atoms with van der Waals surface area (Å²) >= 11 is 1.53. The molecule has 0 unspecified atom stereocenters. The molecular formula is C12H11NOS. The number of carbonyl (C=O) groups excluding carboxylic acids is 1. The summed E-state index contributed by atoms with van der Waals surface area (Å²) in [6.45, 7) is 2.06. The fraction of sp³-hybridized carbons (Fsp3) is 0.167. The van der Waals surface area contributed by atoms with Crippen LogP contribution in [0.4, 0.5) is 0 Å². The van der Waals surface area contributed by atoms with E-state index < -0.39 is 0 Å². The Labute approximate surface area is 92.6 Å². The predicted octanol–water partition coefficient (Wildman–Crippen LogP) is 2.86. The number of thiazole rings is 1. The van der Waals surface area contributed by atoms with Gasteiger partial charge in [0.1, 0.15) is 11.3 Å². The number of rotatable bonds is 3. The van der Waals surface area contributed by atoms with E-state index in [1.165, 1.54) is 16.9 Å². The van der Waals surface area contributed by atoms with Crippen LogP contribution in [-0.2, 0) is 11.2 Å². The molecule has 0 aliphatic carbocycles. The van der Waals surface area contributed by atoms with Crippen LogP contribution in [0.1, 0.15) is 10.6 Å². The number of aryl methyl sites for hydroxylation is 1. The highest BCUT2D eigenvalue weighted by molar-refractivity contribution is 7.10. The average molecular weight is 217 g/mol. The molecule has 0 fully saturated rings. The van der Waals surface area contributed by atoms with Gasteiger partial charge in [-0.25, -0.2) is 4.98 Å². The van der Waals surface area contributed by atoms with Gasteiger partial charge in [0.25, 0.3) is 0 Å². The summed E-state index contributed by atoms with van der Waals surface area (Å²) in [5, 5.41) is 2.87. The van der Waals surface area contributed by atoms with E-state index in [1.807, 2.05) is 17.5 Å². The zero-order valence-corrected chi connectivity index (χ0v) is 9.25. The number of hydrogen-bond acceptors (Lipinski definition) is 3. The molecular weight excluding hydrogens is 206 g/mol. The second-order valence-electron chi connectivity index (χ2n) is 3.37. The van der Waals surface area contributed by atoms with Crippen molar-refractivity contribution in [3.05, 3.63) is 40.2 Å². The van der Waals surface area contributed by atoms with Crippen LogP contribution in [0, 0.1) is 6.92 Å². The van der Waals surface area contributed by atoms with E-state index >= 15 is 0 Å². The molecule has 0 amide bonds. The van der Waals surface area contributed by atoms with Gasteiger partial charge in [0.05, 0.1) is 12.1 Å². The van der Waals surface area contributed by atoms with E-state index in [0.717, 1.165) is 22.6 Å². The molecule has 0 radical (unpaired) electrons. The summed E-state index contributed by atoms with van der Waals surface area (Å²) in [7, 11) is 0. The van der Waals surface area contributed by atoms with Crippen LogP contribution in [0.25, 0.3) is 11.3 Å². The summed E-state index contributed by atoms with van der Waals surface area (Å²) in [6, 6.07) is 8.21. The molecule has 2 aromatic rings. The first-order valence-corrected chi connectivity index (χ1v) is 5.62. The maximum absolute atomic E-state index is 10.3. The van der Waals surface area contributed by atoms with Gasteiger partial charge in [0, 0.05) is 10.9 Å². The zero-order chi connectivity index (χ0) is 10.7. The quantitative estimate of drug-likeness (QED) is 0.740. The summed E-state index contributed by atoms with van der Waals surface area (Å²) in [6.07, 6.45) is 1.30. The molecule has 15 heavy (non-hydrogen) atoms. The molecule has 0 aliphatic rings. The van der Waals surface area contributed by atoms with Crippen molar-refractivity contribution in [1.82, 2.24) is 4.98 Å². The number of aromatic nitrogens is 1. The van der Waals surface area contributed by atoms with Crippen molar-refractivity contribution in [2.24, 2.45) is 0 Å². The van der Waals surface area contributed by atoms with Crippen LogP contribution in [-0.4, -0.2) is 11.3 Å². The third-order valence-corrected chi connectivity index (χ3v) is 2.99. The molecule has 76 valence electrons. The standard InChI is InChI=1S/C12H11NOS/c1-9-3-2-4-10(7-9)11-8-15-12(13-11)5-6-14/h2-4,6-8H,5H2,1H3. The van der Waals surface area contributed by atoms with Crippen molar-refractivity contribution < 1.29 is 4.79 Å². The lowest BCUT2D eigenvalue weighted by molar-refractivity contribution is -0.107. The van der Waals surface area contributed by atoms with Crippen LogP contribution < -0.4 is 0 Å². The summed E-state index contributed by atoms with van der Waals surface area (Å²) in [5.41, 5.74) is 3.29. The SMILES string of the molecule is Cc1cccc(-c2csc(CC=O)n2)c1. The molecule has 0 aliphatic heterocycles. The molecule has 1 aromatic carbocycles. The van der Waals surface area contributed by atoms with E-state index in [-0.39, 0.29) is 0 Å². The van der Waals surface area contributed by atoms with Crippen LogP contribution >= 0.6 is 11.3 Å². The van der Waals surface area contributed by atoms with E-state index in [4.69, 9.17) is 0 Å². The highest BCUT2D eigenvalue weighted by Crippen LogP contribution is 2.22.